The Labute approximate surface area is 128 Å². The fraction of sp³-hybridized carbons (Fsp3) is 0.533. The van der Waals surface area contributed by atoms with Crippen molar-refractivity contribution >= 4 is 28.7 Å². The molecule has 0 radical (unpaired) electrons. The molecule has 0 heterocycles. The zero-order valence-electron chi connectivity index (χ0n) is 11.3. The van der Waals surface area contributed by atoms with Crippen LogP contribution < -0.4 is 0 Å². The van der Waals surface area contributed by atoms with E-state index in [1.54, 1.807) is 0 Å². The van der Waals surface area contributed by atoms with Gasteiger partial charge in [0.05, 0.1) is 0 Å². The second-order valence-corrected chi connectivity index (χ2v) is 5.93. The van der Waals surface area contributed by atoms with Gasteiger partial charge in [-0.05, 0) is 53.1 Å². The molecule has 1 aromatic carbocycles. The normalized spacial score (nSPS) is 12.1. The average Bonchev–Trinajstić information content (AvgIpc) is 2.36. The molecule has 19 heavy (non-hydrogen) atoms. The summed E-state index contributed by atoms with van der Waals surface area (Å²) in [7, 11) is 0. The number of benzene rings is 1. The molecule has 0 aliphatic rings. The van der Waals surface area contributed by atoms with E-state index in [1.807, 2.05) is 24.3 Å². The molecular formula is C15H21IO3. The lowest BCUT2D eigenvalue weighted by Gasteiger charge is -2.16. The number of carboxylic acid groups (broad SMARTS) is 1. The molecule has 0 fully saturated rings. The molecule has 4 heteroatoms. The molecule has 0 saturated carbocycles. The Balaban J connectivity index is 2.48. The number of carbonyl (C=O) groups is 1. The van der Waals surface area contributed by atoms with Crippen molar-refractivity contribution < 1.29 is 14.6 Å². The van der Waals surface area contributed by atoms with E-state index in [0.29, 0.717) is 6.42 Å². The molecule has 0 amide bonds. The average molecular weight is 376 g/mol. The minimum Gasteiger partial charge on any atom is -0.450 e. The van der Waals surface area contributed by atoms with E-state index in [2.05, 4.69) is 29.5 Å². The molecule has 0 saturated heterocycles. The van der Waals surface area contributed by atoms with Gasteiger partial charge < -0.3 is 9.84 Å². The van der Waals surface area contributed by atoms with Crippen molar-refractivity contribution in [1.29, 1.82) is 0 Å². The molecule has 106 valence electrons. The van der Waals surface area contributed by atoms with Gasteiger partial charge in [-0.2, -0.15) is 0 Å². The lowest BCUT2D eigenvalue weighted by atomic mass is 10.0. The van der Waals surface area contributed by atoms with Crippen molar-refractivity contribution in [3.8, 4) is 0 Å². The maximum absolute atomic E-state index is 10.7. The largest absolute Gasteiger partial charge is 0.506 e. The standard InChI is InChI=1S/C15H21IO3/c1-2-3-4-5-6-14(19-15(17)18)11-12-7-9-13(16)10-8-12/h7-10,14H,2-6,11H2,1H3,(H,17,18). The molecule has 0 aliphatic heterocycles. The first-order valence-electron chi connectivity index (χ1n) is 6.76. The second-order valence-electron chi connectivity index (χ2n) is 4.69. The molecule has 1 atom stereocenters. The first-order valence-corrected chi connectivity index (χ1v) is 7.83. The van der Waals surface area contributed by atoms with E-state index in [9.17, 15) is 4.79 Å². The van der Waals surface area contributed by atoms with Gasteiger partial charge in [0.1, 0.15) is 6.10 Å². The van der Waals surface area contributed by atoms with Crippen molar-refractivity contribution in [3.05, 3.63) is 33.4 Å². The molecule has 0 aromatic heterocycles. The number of unbranched alkanes of at least 4 members (excludes halogenated alkanes) is 3. The Bertz CT molecular complexity index is 375. The predicted molar refractivity (Wildman–Crippen MR) is 84.5 cm³/mol. The van der Waals surface area contributed by atoms with Crippen LogP contribution in [0.1, 0.15) is 44.6 Å². The van der Waals surface area contributed by atoms with Crippen molar-refractivity contribution in [3.63, 3.8) is 0 Å². The van der Waals surface area contributed by atoms with Gasteiger partial charge >= 0.3 is 6.16 Å². The van der Waals surface area contributed by atoms with Gasteiger partial charge in [-0.3, -0.25) is 0 Å². The first-order chi connectivity index (χ1) is 9.11. The third kappa shape index (κ3) is 7.40. The Hall–Kier alpha value is -0.780. The van der Waals surface area contributed by atoms with Crippen LogP contribution in [-0.2, 0) is 11.2 Å². The maximum Gasteiger partial charge on any atom is 0.506 e. The minimum absolute atomic E-state index is 0.227. The van der Waals surface area contributed by atoms with E-state index in [4.69, 9.17) is 9.84 Å². The molecular weight excluding hydrogens is 355 g/mol. The highest BCUT2D eigenvalue weighted by atomic mass is 127. The van der Waals surface area contributed by atoms with Crippen LogP contribution in [0.2, 0.25) is 0 Å². The van der Waals surface area contributed by atoms with Gasteiger partial charge in [-0.25, -0.2) is 4.79 Å². The summed E-state index contributed by atoms with van der Waals surface area (Å²) >= 11 is 2.26. The number of rotatable bonds is 8. The molecule has 1 aromatic rings. The van der Waals surface area contributed by atoms with E-state index in [1.165, 1.54) is 16.4 Å². The number of halogens is 1. The van der Waals surface area contributed by atoms with Crippen LogP contribution in [0.25, 0.3) is 0 Å². The molecule has 3 nitrogen and oxygen atoms in total. The van der Waals surface area contributed by atoms with E-state index in [-0.39, 0.29) is 6.10 Å². The van der Waals surface area contributed by atoms with Gasteiger partial charge in [0.2, 0.25) is 0 Å². The molecule has 0 spiro atoms. The molecule has 0 aliphatic carbocycles. The summed E-state index contributed by atoms with van der Waals surface area (Å²) < 4.78 is 6.16. The fourth-order valence-corrected chi connectivity index (χ4v) is 2.39. The Morgan fingerprint density at radius 1 is 1.26 bits per heavy atom. The Morgan fingerprint density at radius 2 is 1.95 bits per heavy atom. The van der Waals surface area contributed by atoms with Gasteiger partial charge in [0, 0.05) is 9.99 Å². The highest BCUT2D eigenvalue weighted by Crippen LogP contribution is 2.15. The third-order valence-corrected chi connectivity index (χ3v) is 3.74. The Kier molecular flexibility index (Phi) is 7.86. The smallest absolute Gasteiger partial charge is 0.450 e. The van der Waals surface area contributed by atoms with E-state index >= 15 is 0 Å². The third-order valence-electron chi connectivity index (χ3n) is 3.02. The number of hydrogen-bond donors (Lipinski definition) is 1. The molecule has 1 unspecified atom stereocenters. The minimum atomic E-state index is -1.17. The summed E-state index contributed by atoms with van der Waals surface area (Å²) in [6.07, 6.45) is 4.61. The monoisotopic (exact) mass is 376 g/mol. The SMILES string of the molecule is CCCCCCC(Cc1ccc(I)cc1)OC(=O)O. The summed E-state index contributed by atoms with van der Waals surface area (Å²) in [5.74, 6) is 0. The van der Waals surface area contributed by atoms with Crippen molar-refractivity contribution in [1.82, 2.24) is 0 Å². The fourth-order valence-electron chi connectivity index (χ4n) is 2.03. The van der Waals surface area contributed by atoms with Crippen LogP contribution >= 0.6 is 22.6 Å². The first kappa shape index (κ1) is 16.3. The van der Waals surface area contributed by atoms with Crippen LogP contribution in [0.15, 0.2) is 24.3 Å². The lowest BCUT2D eigenvalue weighted by molar-refractivity contribution is 0.0472. The van der Waals surface area contributed by atoms with Crippen molar-refractivity contribution in [2.75, 3.05) is 0 Å². The zero-order chi connectivity index (χ0) is 14.1. The van der Waals surface area contributed by atoms with E-state index < -0.39 is 6.16 Å². The zero-order valence-corrected chi connectivity index (χ0v) is 13.4. The van der Waals surface area contributed by atoms with Crippen LogP contribution in [0.3, 0.4) is 0 Å². The molecule has 1 rings (SSSR count). The second kappa shape index (κ2) is 9.18. The van der Waals surface area contributed by atoms with E-state index in [0.717, 1.165) is 24.8 Å². The van der Waals surface area contributed by atoms with Gasteiger partial charge in [0.15, 0.2) is 0 Å². The van der Waals surface area contributed by atoms with Crippen LogP contribution in [0.5, 0.6) is 0 Å². The van der Waals surface area contributed by atoms with Crippen LogP contribution in [0.4, 0.5) is 4.79 Å². The number of ether oxygens (including phenoxy) is 1. The van der Waals surface area contributed by atoms with Gasteiger partial charge in [-0.1, -0.05) is 38.3 Å². The topological polar surface area (TPSA) is 46.5 Å². The van der Waals surface area contributed by atoms with Crippen LogP contribution in [-0.4, -0.2) is 17.4 Å². The summed E-state index contributed by atoms with van der Waals surface area (Å²) in [6, 6.07) is 8.13. The molecule has 0 bridgehead atoms. The van der Waals surface area contributed by atoms with Crippen molar-refractivity contribution in [2.45, 2.75) is 51.6 Å². The highest BCUT2D eigenvalue weighted by Gasteiger charge is 2.14. The Morgan fingerprint density at radius 3 is 2.53 bits per heavy atom. The summed E-state index contributed by atoms with van der Waals surface area (Å²) in [5.41, 5.74) is 1.13. The summed E-state index contributed by atoms with van der Waals surface area (Å²) in [5, 5.41) is 8.79. The molecule has 1 N–H and O–H groups in total. The van der Waals surface area contributed by atoms with Crippen molar-refractivity contribution in [2.24, 2.45) is 0 Å². The van der Waals surface area contributed by atoms with Gasteiger partial charge in [-0.15, -0.1) is 0 Å². The summed E-state index contributed by atoms with van der Waals surface area (Å²) in [6.45, 7) is 2.16. The van der Waals surface area contributed by atoms with Gasteiger partial charge in [0.25, 0.3) is 0 Å². The summed E-state index contributed by atoms with van der Waals surface area (Å²) in [4.78, 5) is 10.7. The predicted octanol–water partition coefficient (Wildman–Crippen LogP) is 4.87. The number of hydrogen-bond acceptors (Lipinski definition) is 2. The van der Waals surface area contributed by atoms with Crippen LogP contribution in [0, 0.1) is 3.57 Å². The highest BCUT2D eigenvalue weighted by molar-refractivity contribution is 14.1. The maximum atomic E-state index is 10.7. The quantitative estimate of drug-likeness (QED) is 0.400. The lowest BCUT2D eigenvalue weighted by Crippen LogP contribution is -2.19.